The van der Waals surface area contributed by atoms with Crippen molar-refractivity contribution in [1.29, 1.82) is 0 Å². The van der Waals surface area contributed by atoms with Crippen LogP contribution in [0.3, 0.4) is 0 Å². The van der Waals surface area contributed by atoms with Crippen molar-refractivity contribution in [3.8, 4) is 17.2 Å². The Morgan fingerprint density at radius 3 is 2.24 bits per heavy atom. The van der Waals surface area contributed by atoms with Crippen LogP contribution in [-0.4, -0.2) is 21.3 Å². The summed E-state index contributed by atoms with van der Waals surface area (Å²) < 4.78 is 16.0. The van der Waals surface area contributed by atoms with Gasteiger partial charge in [0.15, 0.2) is 0 Å². The van der Waals surface area contributed by atoms with Gasteiger partial charge in [0.05, 0.1) is 27.0 Å². The van der Waals surface area contributed by atoms with Crippen LogP contribution >= 0.6 is 0 Å². The maximum absolute atomic E-state index is 5.39. The first kappa shape index (κ1) is 15.0. The van der Waals surface area contributed by atoms with E-state index in [1.165, 1.54) is 5.56 Å². The third-order valence-electron chi connectivity index (χ3n) is 3.31. The van der Waals surface area contributed by atoms with Crippen molar-refractivity contribution in [2.24, 2.45) is 0 Å². The number of rotatable bonds is 6. The average Bonchev–Trinajstić information content (AvgIpc) is 2.52. The minimum absolute atomic E-state index is 0.647. The molecule has 0 amide bonds. The Morgan fingerprint density at radius 1 is 0.857 bits per heavy atom. The third-order valence-corrected chi connectivity index (χ3v) is 3.31. The van der Waals surface area contributed by atoms with Gasteiger partial charge in [0.25, 0.3) is 0 Å². The monoisotopic (exact) mass is 287 g/mol. The molecule has 21 heavy (non-hydrogen) atoms. The lowest BCUT2D eigenvalue weighted by Crippen LogP contribution is -2.04. The summed E-state index contributed by atoms with van der Waals surface area (Å²) >= 11 is 0. The van der Waals surface area contributed by atoms with Gasteiger partial charge in [-0.05, 0) is 25.1 Å². The second-order valence-electron chi connectivity index (χ2n) is 4.74. The highest BCUT2D eigenvalue weighted by atomic mass is 16.5. The number of hydrogen-bond donors (Lipinski definition) is 1. The first-order valence-corrected chi connectivity index (χ1v) is 6.77. The van der Waals surface area contributed by atoms with Gasteiger partial charge in [-0.2, -0.15) is 0 Å². The molecule has 0 aromatic heterocycles. The summed E-state index contributed by atoms with van der Waals surface area (Å²) in [7, 11) is 4.98. The van der Waals surface area contributed by atoms with E-state index < -0.39 is 0 Å². The number of ether oxygens (including phenoxy) is 3. The standard InChI is InChI=1S/C17H21NO3/c1-12-5-7-16(20-3)13(9-12)11-18-15-10-14(19-2)6-8-17(15)21-4/h5-10,18H,11H2,1-4H3. The summed E-state index contributed by atoms with van der Waals surface area (Å²) in [5.41, 5.74) is 3.19. The number of anilines is 1. The number of methoxy groups -OCH3 is 3. The summed E-state index contributed by atoms with van der Waals surface area (Å²) in [6.45, 7) is 2.71. The topological polar surface area (TPSA) is 39.7 Å². The molecule has 112 valence electrons. The first-order chi connectivity index (χ1) is 10.2. The molecule has 0 spiro atoms. The number of nitrogens with one attached hydrogen (secondary N) is 1. The minimum atomic E-state index is 0.647. The molecule has 2 aromatic carbocycles. The molecule has 0 unspecified atom stereocenters. The molecule has 4 nitrogen and oxygen atoms in total. The minimum Gasteiger partial charge on any atom is -0.497 e. The SMILES string of the molecule is COc1ccc(OC)c(NCc2cc(C)ccc2OC)c1. The third kappa shape index (κ3) is 3.60. The highest BCUT2D eigenvalue weighted by Gasteiger charge is 2.07. The van der Waals surface area contributed by atoms with Crippen molar-refractivity contribution < 1.29 is 14.2 Å². The molecule has 0 aliphatic carbocycles. The fourth-order valence-corrected chi connectivity index (χ4v) is 2.19. The predicted octanol–water partition coefficient (Wildman–Crippen LogP) is 3.63. The van der Waals surface area contributed by atoms with Gasteiger partial charge in [-0.25, -0.2) is 0 Å². The Hall–Kier alpha value is -2.36. The lowest BCUT2D eigenvalue weighted by molar-refractivity contribution is 0.404. The van der Waals surface area contributed by atoms with Crippen molar-refractivity contribution in [3.05, 3.63) is 47.5 Å². The van der Waals surface area contributed by atoms with Crippen LogP contribution in [0.4, 0.5) is 5.69 Å². The van der Waals surface area contributed by atoms with Crippen molar-refractivity contribution in [2.75, 3.05) is 26.6 Å². The van der Waals surface area contributed by atoms with Crippen LogP contribution in [0.1, 0.15) is 11.1 Å². The van der Waals surface area contributed by atoms with E-state index >= 15 is 0 Å². The summed E-state index contributed by atoms with van der Waals surface area (Å²) in [6, 6.07) is 11.8. The molecule has 0 saturated heterocycles. The Morgan fingerprint density at radius 2 is 1.57 bits per heavy atom. The fraction of sp³-hybridized carbons (Fsp3) is 0.294. The van der Waals surface area contributed by atoms with E-state index in [2.05, 4.69) is 18.3 Å². The quantitative estimate of drug-likeness (QED) is 0.880. The van der Waals surface area contributed by atoms with Crippen LogP contribution < -0.4 is 19.5 Å². The van der Waals surface area contributed by atoms with E-state index in [1.807, 2.05) is 30.3 Å². The van der Waals surface area contributed by atoms with E-state index in [1.54, 1.807) is 21.3 Å². The molecular formula is C17H21NO3. The lowest BCUT2D eigenvalue weighted by Gasteiger charge is -2.14. The van der Waals surface area contributed by atoms with Gasteiger partial charge in [0.1, 0.15) is 17.2 Å². The number of aryl methyl sites for hydroxylation is 1. The largest absolute Gasteiger partial charge is 0.497 e. The summed E-state index contributed by atoms with van der Waals surface area (Å²) in [6.07, 6.45) is 0. The van der Waals surface area contributed by atoms with Gasteiger partial charge >= 0.3 is 0 Å². The smallest absolute Gasteiger partial charge is 0.142 e. The van der Waals surface area contributed by atoms with E-state index in [9.17, 15) is 0 Å². The van der Waals surface area contributed by atoms with Crippen molar-refractivity contribution >= 4 is 5.69 Å². The molecule has 0 aliphatic rings. The highest BCUT2D eigenvalue weighted by Crippen LogP contribution is 2.30. The second-order valence-corrected chi connectivity index (χ2v) is 4.74. The van der Waals surface area contributed by atoms with E-state index in [0.29, 0.717) is 6.54 Å². The molecule has 1 N–H and O–H groups in total. The van der Waals surface area contributed by atoms with E-state index in [4.69, 9.17) is 14.2 Å². The number of benzene rings is 2. The lowest BCUT2D eigenvalue weighted by atomic mass is 10.1. The molecule has 0 saturated carbocycles. The predicted molar refractivity (Wildman–Crippen MR) is 84.6 cm³/mol. The molecule has 0 bridgehead atoms. The maximum atomic E-state index is 5.39. The van der Waals surface area contributed by atoms with Gasteiger partial charge in [-0.15, -0.1) is 0 Å². The summed E-state index contributed by atoms with van der Waals surface area (Å²) in [4.78, 5) is 0. The molecule has 0 heterocycles. The first-order valence-electron chi connectivity index (χ1n) is 6.77. The average molecular weight is 287 g/mol. The molecular weight excluding hydrogens is 266 g/mol. The van der Waals surface area contributed by atoms with Gasteiger partial charge in [-0.1, -0.05) is 17.7 Å². The van der Waals surface area contributed by atoms with Crippen LogP contribution in [0.5, 0.6) is 17.2 Å². The number of hydrogen-bond acceptors (Lipinski definition) is 4. The van der Waals surface area contributed by atoms with E-state index in [-0.39, 0.29) is 0 Å². The van der Waals surface area contributed by atoms with Crippen LogP contribution in [0.25, 0.3) is 0 Å². The van der Waals surface area contributed by atoms with Gasteiger partial charge in [0.2, 0.25) is 0 Å². The second kappa shape index (κ2) is 6.88. The molecule has 2 rings (SSSR count). The highest BCUT2D eigenvalue weighted by molar-refractivity contribution is 5.60. The van der Waals surface area contributed by atoms with Crippen LogP contribution in [0, 0.1) is 6.92 Å². The van der Waals surface area contributed by atoms with Gasteiger partial charge in [0, 0.05) is 18.2 Å². The molecule has 0 radical (unpaired) electrons. The normalized spacial score (nSPS) is 10.1. The van der Waals surface area contributed by atoms with Crippen LogP contribution in [0.15, 0.2) is 36.4 Å². The maximum Gasteiger partial charge on any atom is 0.142 e. The van der Waals surface area contributed by atoms with Gasteiger partial charge < -0.3 is 19.5 Å². The summed E-state index contributed by atoms with van der Waals surface area (Å²) in [5, 5.41) is 3.37. The Balaban J connectivity index is 2.21. The van der Waals surface area contributed by atoms with E-state index in [0.717, 1.165) is 28.5 Å². The zero-order valence-electron chi connectivity index (χ0n) is 12.9. The molecule has 0 atom stereocenters. The van der Waals surface area contributed by atoms with Crippen molar-refractivity contribution in [2.45, 2.75) is 13.5 Å². The van der Waals surface area contributed by atoms with Crippen molar-refractivity contribution in [1.82, 2.24) is 0 Å². The van der Waals surface area contributed by atoms with Crippen LogP contribution in [0.2, 0.25) is 0 Å². The van der Waals surface area contributed by atoms with Gasteiger partial charge in [-0.3, -0.25) is 0 Å². The zero-order valence-corrected chi connectivity index (χ0v) is 12.9. The molecule has 4 heteroatoms. The fourth-order valence-electron chi connectivity index (χ4n) is 2.19. The van der Waals surface area contributed by atoms with Crippen LogP contribution in [-0.2, 0) is 6.54 Å². The Labute approximate surface area is 125 Å². The molecule has 2 aromatic rings. The summed E-state index contributed by atoms with van der Waals surface area (Å²) in [5.74, 6) is 2.44. The van der Waals surface area contributed by atoms with Crippen molar-refractivity contribution in [3.63, 3.8) is 0 Å². The Bertz CT molecular complexity index is 611. The molecule has 0 fully saturated rings. The molecule has 0 aliphatic heterocycles. The zero-order chi connectivity index (χ0) is 15.2. The Kier molecular flexibility index (Phi) is 4.93.